The van der Waals surface area contributed by atoms with Gasteiger partial charge in [0.1, 0.15) is 6.10 Å². The lowest BCUT2D eigenvalue weighted by molar-refractivity contribution is 0.0191. The third-order valence-corrected chi connectivity index (χ3v) is 2.75. The number of carbonyl (C=O) groups is 1. The van der Waals surface area contributed by atoms with Crippen molar-refractivity contribution in [3.8, 4) is 0 Å². The van der Waals surface area contributed by atoms with E-state index in [-0.39, 0.29) is 18.1 Å². The number of benzene rings is 1. The lowest BCUT2D eigenvalue weighted by Crippen LogP contribution is -2.50. The predicted molar refractivity (Wildman–Crippen MR) is 61.1 cm³/mol. The molecule has 0 aromatic heterocycles. The smallest absolute Gasteiger partial charge is 0.338 e. The molecular formula is C12H16N2O2. The Morgan fingerprint density at radius 3 is 2.81 bits per heavy atom. The highest BCUT2D eigenvalue weighted by Crippen LogP contribution is 2.09. The first kappa shape index (κ1) is 11.1. The molecule has 0 bridgehead atoms. The van der Waals surface area contributed by atoms with E-state index in [0.717, 1.165) is 13.0 Å². The van der Waals surface area contributed by atoms with Gasteiger partial charge in [0.2, 0.25) is 0 Å². The summed E-state index contributed by atoms with van der Waals surface area (Å²) in [6, 6.07) is 8.92. The third-order valence-electron chi connectivity index (χ3n) is 2.75. The Kier molecular flexibility index (Phi) is 3.54. The van der Waals surface area contributed by atoms with Crippen molar-refractivity contribution in [2.75, 3.05) is 13.1 Å². The Morgan fingerprint density at radius 2 is 2.12 bits per heavy atom. The van der Waals surface area contributed by atoms with Crippen molar-refractivity contribution >= 4 is 5.97 Å². The molecular weight excluding hydrogens is 204 g/mol. The number of hydrogen-bond acceptors (Lipinski definition) is 4. The van der Waals surface area contributed by atoms with Crippen LogP contribution in [0.3, 0.4) is 0 Å². The minimum atomic E-state index is -0.301. The van der Waals surface area contributed by atoms with Crippen LogP contribution in [0.4, 0.5) is 0 Å². The molecule has 1 saturated heterocycles. The molecule has 4 nitrogen and oxygen atoms in total. The molecule has 2 unspecified atom stereocenters. The van der Waals surface area contributed by atoms with Gasteiger partial charge in [-0.25, -0.2) is 4.79 Å². The number of nitrogens with two attached hydrogens (primary N) is 1. The van der Waals surface area contributed by atoms with Gasteiger partial charge in [0.25, 0.3) is 0 Å². The molecule has 1 heterocycles. The second-order valence-electron chi connectivity index (χ2n) is 3.97. The van der Waals surface area contributed by atoms with Crippen molar-refractivity contribution in [3.63, 3.8) is 0 Å². The number of nitrogens with one attached hydrogen (secondary N) is 1. The fraction of sp³-hybridized carbons (Fsp3) is 0.417. The van der Waals surface area contributed by atoms with E-state index in [1.807, 2.05) is 18.2 Å². The van der Waals surface area contributed by atoms with Crippen LogP contribution in [0.5, 0.6) is 0 Å². The van der Waals surface area contributed by atoms with Gasteiger partial charge in [-0.3, -0.25) is 0 Å². The van der Waals surface area contributed by atoms with Crippen LogP contribution in [0.15, 0.2) is 30.3 Å². The van der Waals surface area contributed by atoms with Gasteiger partial charge in [-0.1, -0.05) is 18.2 Å². The average Bonchev–Trinajstić information content (AvgIpc) is 2.33. The highest BCUT2D eigenvalue weighted by molar-refractivity contribution is 5.89. The Hall–Kier alpha value is -1.39. The molecule has 1 aromatic rings. The van der Waals surface area contributed by atoms with E-state index in [1.54, 1.807) is 12.1 Å². The molecule has 1 fully saturated rings. The van der Waals surface area contributed by atoms with Crippen LogP contribution >= 0.6 is 0 Å². The summed E-state index contributed by atoms with van der Waals surface area (Å²) in [5.41, 5.74) is 6.46. The number of hydrogen-bond donors (Lipinski definition) is 2. The normalized spacial score (nSPS) is 25.1. The van der Waals surface area contributed by atoms with Crippen LogP contribution in [-0.2, 0) is 4.74 Å². The van der Waals surface area contributed by atoms with Crippen molar-refractivity contribution < 1.29 is 9.53 Å². The molecule has 0 saturated carbocycles. The molecule has 4 heteroatoms. The molecule has 0 aliphatic carbocycles. The second kappa shape index (κ2) is 5.09. The average molecular weight is 220 g/mol. The fourth-order valence-electron chi connectivity index (χ4n) is 1.76. The maximum atomic E-state index is 11.8. The molecule has 1 aliphatic heterocycles. The number of rotatable bonds is 2. The molecule has 0 amide bonds. The molecule has 0 spiro atoms. The van der Waals surface area contributed by atoms with Crippen LogP contribution < -0.4 is 11.1 Å². The highest BCUT2D eigenvalue weighted by atomic mass is 16.5. The van der Waals surface area contributed by atoms with Crippen LogP contribution in [0.25, 0.3) is 0 Å². The number of esters is 1. The summed E-state index contributed by atoms with van der Waals surface area (Å²) in [6.45, 7) is 1.53. The van der Waals surface area contributed by atoms with E-state index < -0.39 is 0 Å². The van der Waals surface area contributed by atoms with Gasteiger partial charge in [0, 0.05) is 12.6 Å². The Balaban J connectivity index is 1.96. The largest absolute Gasteiger partial charge is 0.456 e. The summed E-state index contributed by atoms with van der Waals surface area (Å²) in [4.78, 5) is 11.8. The van der Waals surface area contributed by atoms with Crippen molar-refractivity contribution in [2.24, 2.45) is 5.73 Å². The van der Waals surface area contributed by atoms with E-state index in [4.69, 9.17) is 10.5 Å². The lowest BCUT2D eigenvalue weighted by atomic mass is 10.0. The van der Waals surface area contributed by atoms with Gasteiger partial charge >= 0.3 is 5.97 Å². The van der Waals surface area contributed by atoms with Crippen LogP contribution in [-0.4, -0.2) is 31.2 Å². The molecule has 1 aliphatic rings. The molecule has 86 valence electrons. The first-order valence-corrected chi connectivity index (χ1v) is 5.49. The summed E-state index contributed by atoms with van der Waals surface area (Å²) >= 11 is 0. The summed E-state index contributed by atoms with van der Waals surface area (Å²) in [6.07, 6.45) is 0.619. The van der Waals surface area contributed by atoms with Gasteiger partial charge in [-0.05, 0) is 25.1 Å². The minimum Gasteiger partial charge on any atom is -0.456 e. The van der Waals surface area contributed by atoms with Crippen LogP contribution in [0.2, 0.25) is 0 Å². The quantitative estimate of drug-likeness (QED) is 0.714. The zero-order chi connectivity index (χ0) is 11.4. The molecule has 1 aromatic carbocycles. The Morgan fingerprint density at radius 1 is 1.38 bits per heavy atom. The van der Waals surface area contributed by atoms with E-state index in [1.165, 1.54) is 0 Å². The minimum absolute atomic E-state index is 0.0612. The van der Waals surface area contributed by atoms with Crippen molar-refractivity contribution in [1.82, 2.24) is 5.32 Å². The van der Waals surface area contributed by atoms with Gasteiger partial charge in [0.05, 0.1) is 5.56 Å². The topological polar surface area (TPSA) is 64.3 Å². The first-order valence-electron chi connectivity index (χ1n) is 5.49. The number of piperidine rings is 1. The van der Waals surface area contributed by atoms with E-state index in [2.05, 4.69) is 5.32 Å². The summed E-state index contributed by atoms with van der Waals surface area (Å²) in [5, 5.41) is 3.16. The molecule has 2 atom stereocenters. The van der Waals surface area contributed by atoms with E-state index >= 15 is 0 Å². The van der Waals surface area contributed by atoms with Gasteiger partial charge in [-0.15, -0.1) is 0 Å². The maximum Gasteiger partial charge on any atom is 0.338 e. The zero-order valence-corrected chi connectivity index (χ0v) is 9.06. The molecule has 16 heavy (non-hydrogen) atoms. The monoisotopic (exact) mass is 220 g/mol. The standard InChI is InChI=1S/C12H16N2O2/c13-10-6-7-14-8-11(10)16-12(15)9-4-2-1-3-5-9/h1-5,10-11,14H,6-8,13H2. The van der Waals surface area contributed by atoms with Crippen LogP contribution in [0, 0.1) is 0 Å². The van der Waals surface area contributed by atoms with Gasteiger partial charge in [-0.2, -0.15) is 0 Å². The third kappa shape index (κ3) is 2.59. The number of ether oxygens (including phenoxy) is 1. The lowest BCUT2D eigenvalue weighted by Gasteiger charge is -2.28. The Bertz CT molecular complexity index is 353. The van der Waals surface area contributed by atoms with Crippen LogP contribution in [0.1, 0.15) is 16.8 Å². The molecule has 0 radical (unpaired) electrons. The summed E-state index contributed by atoms with van der Waals surface area (Å²) in [7, 11) is 0. The van der Waals surface area contributed by atoms with Crippen molar-refractivity contribution in [2.45, 2.75) is 18.6 Å². The number of carbonyl (C=O) groups excluding carboxylic acids is 1. The van der Waals surface area contributed by atoms with Gasteiger partial charge in [0.15, 0.2) is 0 Å². The molecule has 2 rings (SSSR count). The molecule has 3 N–H and O–H groups in total. The summed E-state index contributed by atoms with van der Waals surface area (Å²) < 4.78 is 5.36. The van der Waals surface area contributed by atoms with Gasteiger partial charge < -0.3 is 15.8 Å². The first-order chi connectivity index (χ1) is 7.77. The summed E-state index contributed by atoms with van der Waals surface area (Å²) in [5.74, 6) is -0.301. The Labute approximate surface area is 94.8 Å². The maximum absolute atomic E-state index is 11.8. The van der Waals surface area contributed by atoms with E-state index in [0.29, 0.717) is 12.1 Å². The second-order valence-corrected chi connectivity index (χ2v) is 3.97. The SMILES string of the molecule is NC1CCNCC1OC(=O)c1ccccc1. The fourth-order valence-corrected chi connectivity index (χ4v) is 1.76. The zero-order valence-electron chi connectivity index (χ0n) is 9.06. The van der Waals surface area contributed by atoms with E-state index in [9.17, 15) is 4.79 Å². The van der Waals surface area contributed by atoms with Crippen molar-refractivity contribution in [1.29, 1.82) is 0 Å². The van der Waals surface area contributed by atoms with Crippen molar-refractivity contribution in [3.05, 3.63) is 35.9 Å². The predicted octanol–water partition coefficient (Wildman–Crippen LogP) is 0.533. The highest BCUT2D eigenvalue weighted by Gasteiger charge is 2.25.